The van der Waals surface area contributed by atoms with E-state index in [0.29, 0.717) is 29.4 Å². The first kappa shape index (κ1) is 18.3. The first-order valence-electron chi connectivity index (χ1n) is 9.01. The number of fused-ring (bicyclic) bond motifs is 1. The van der Waals surface area contributed by atoms with E-state index in [1.54, 1.807) is 18.3 Å². The highest BCUT2D eigenvalue weighted by atomic mass is 32.1. The van der Waals surface area contributed by atoms with Gasteiger partial charge in [-0.15, -0.1) is 0 Å². The molecule has 0 bridgehead atoms. The van der Waals surface area contributed by atoms with Crippen molar-refractivity contribution < 1.29 is 13.9 Å². The molecule has 6 heteroatoms. The molecule has 2 aromatic heterocycles. The number of amides is 1. The highest BCUT2D eigenvalue weighted by molar-refractivity contribution is 7.22. The molecule has 4 aromatic rings. The molecule has 2 aromatic carbocycles. The van der Waals surface area contributed by atoms with Crippen LogP contribution in [0.3, 0.4) is 0 Å². The highest BCUT2D eigenvalue weighted by Crippen LogP contribution is 2.39. The van der Waals surface area contributed by atoms with Crippen LogP contribution in [0.2, 0.25) is 0 Å². The van der Waals surface area contributed by atoms with Crippen molar-refractivity contribution in [2.75, 3.05) is 12.0 Å². The molecule has 2 heterocycles. The normalized spacial score (nSPS) is 10.9. The summed E-state index contributed by atoms with van der Waals surface area (Å²) >= 11 is 1.49. The zero-order chi connectivity index (χ0) is 19.5. The Morgan fingerprint density at radius 2 is 2.04 bits per heavy atom. The van der Waals surface area contributed by atoms with Crippen molar-refractivity contribution in [3.63, 3.8) is 0 Å². The fourth-order valence-corrected chi connectivity index (χ4v) is 4.07. The Morgan fingerprint density at radius 1 is 1.18 bits per heavy atom. The monoisotopic (exact) mass is 392 g/mol. The molecule has 1 amide bonds. The third kappa shape index (κ3) is 3.64. The number of rotatable bonds is 6. The second-order valence-corrected chi connectivity index (χ2v) is 7.46. The van der Waals surface area contributed by atoms with Gasteiger partial charge in [0.15, 0.2) is 5.13 Å². The lowest BCUT2D eigenvalue weighted by Gasteiger charge is -2.22. The summed E-state index contributed by atoms with van der Waals surface area (Å²) in [4.78, 5) is 19.7. The van der Waals surface area contributed by atoms with Crippen LogP contribution in [0.25, 0.3) is 10.2 Å². The van der Waals surface area contributed by atoms with E-state index in [1.807, 2.05) is 61.5 Å². The van der Waals surface area contributed by atoms with Crippen molar-refractivity contribution in [1.82, 2.24) is 4.98 Å². The summed E-state index contributed by atoms with van der Waals surface area (Å²) in [5.41, 5.74) is 2.62. The summed E-state index contributed by atoms with van der Waals surface area (Å²) in [6.45, 7) is 1.99. The topological polar surface area (TPSA) is 55.6 Å². The Labute approximate surface area is 167 Å². The van der Waals surface area contributed by atoms with Crippen LogP contribution in [0.5, 0.6) is 5.75 Å². The van der Waals surface area contributed by atoms with Gasteiger partial charge in [0.1, 0.15) is 11.5 Å². The molecule has 0 spiro atoms. The number of para-hydroxylation sites is 1. The summed E-state index contributed by atoms with van der Waals surface area (Å²) < 4.78 is 12.0. The average molecular weight is 392 g/mol. The van der Waals surface area contributed by atoms with Gasteiger partial charge in [-0.1, -0.05) is 29.5 Å². The Hall–Kier alpha value is -3.12. The average Bonchev–Trinajstić information content (AvgIpc) is 3.36. The van der Waals surface area contributed by atoms with Crippen LogP contribution in [-0.2, 0) is 11.2 Å². The zero-order valence-corrected chi connectivity index (χ0v) is 16.5. The summed E-state index contributed by atoms with van der Waals surface area (Å²) in [6, 6.07) is 17.4. The maximum absolute atomic E-state index is 13.3. The van der Waals surface area contributed by atoms with Crippen molar-refractivity contribution >= 4 is 38.3 Å². The maximum Gasteiger partial charge on any atom is 0.233 e. The van der Waals surface area contributed by atoms with Crippen molar-refractivity contribution in [3.05, 3.63) is 72.2 Å². The van der Waals surface area contributed by atoms with Gasteiger partial charge in [0.25, 0.3) is 0 Å². The van der Waals surface area contributed by atoms with Crippen molar-refractivity contribution in [1.29, 1.82) is 0 Å². The van der Waals surface area contributed by atoms with Crippen LogP contribution in [0.1, 0.15) is 17.7 Å². The molecular formula is C22H20N2O3S. The fraction of sp³-hybridized carbons (Fsp3) is 0.182. The Morgan fingerprint density at radius 3 is 2.79 bits per heavy atom. The highest BCUT2D eigenvalue weighted by Gasteiger charge is 2.25. The van der Waals surface area contributed by atoms with E-state index in [2.05, 4.69) is 0 Å². The van der Waals surface area contributed by atoms with Crippen LogP contribution in [0, 0.1) is 6.92 Å². The van der Waals surface area contributed by atoms with E-state index in [1.165, 1.54) is 11.3 Å². The number of carbonyl (C=O) groups is 1. The van der Waals surface area contributed by atoms with Gasteiger partial charge in [0, 0.05) is 12.8 Å². The minimum absolute atomic E-state index is 0.0562. The SMILES string of the molecule is COc1ccc(C)cc1N(C(=O)CCc1ccco1)c1nc2ccccc2s1. The Balaban J connectivity index is 1.76. The molecular weight excluding hydrogens is 372 g/mol. The van der Waals surface area contributed by atoms with E-state index >= 15 is 0 Å². The number of ether oxygens (including phenoxy) is 1. The number of hydrogen-bond donors (Lipinski definition) is 0. The molecule has 5 nitrogen and oxygen atoms in total. The fourth-order valence-electron chi connectivity index (χ4n) is 3.07. The van der Waals surface area contributed by atoms with Crippen LogP contribution in [0.15, 0.2) is 65.3 Å². The molecule has 0 saturated carbocycles. The van der Waals surface area contributed by atoms with E-state index in [9.17, 15) is 4.79 Å². The van der Waals surface area contributed by atoms with Crippen LogP contribution >= 0.6 is 11.3 Å². The lowest BCUT2D eigenvalue weighted by molar-refractivity contribution is -0.117. The standard InChI is InChI=1S/C22H20N2O3S/c1-15-9-11-19(26-2)18(14-15)24(21(25)12-10-16-6-5-13-27-16)22-23-17-7-3-4-8-20(17)28-22/h3-9,11,13-14H,10,12H2,1-2H3. The van der Waals surface area contributed by atoms with E-state index < -0.39 is 0 Å². The second-order valence-electron chi connectivity index (χ2n) is 6.45. The van der Waals surface area contributed by atoms with Gasteiger partial charge in [-0.25, -0.2) is 4.98 Å². The lowest BCUT2D eigenvalue weighted by atomic mass is 10.1. The van der Waals surface area contributed by atoms with Gasteiger partial charge >= 0.3 is 0 Å². The van der Waals surface area contributed by atoms with Gasteiger partial charge in [-0.3, -0.25) is 9.69 Å². The van der Waals surface area contributed by atoms with Crippen molar-refractivity contribution in [2.24, 2.45) is 0 Å². The quantitative estimate of drug-likeness (QED) is 0.434. The number of anilines is 2. The number of hydrogen-bond acceptors (Lipinski definition) is 5. The number of aryl methyl sites for hydroxylation is 2. The third-order valence-electron chi connectivity index (χ3n) is 4.46. The second kappa shape index (κ2) is 7.86. The Kier molecular flexibility index (Phi) is 5.12. The summed E-state index contributed by atoms with van der Waals surface area (Å²) in [5.74, 6) is 1.37. The molecule has 0 fully saturated rings. The van der Waals surface area contributed by atoms with Crippen LogP contribution < -0.4 is 9.64 Å². The van der Waals surface area contributed by atoms with Gasteiger partial charge < -0.3 is 9.15 Å². The third-order valence-corrected chi connectivity index (χ3v) is 5.49. The van der Waals surface area contributed by atoms with Gasteiger partial charge in [-0.2, -0.15) is 0 Å². The molecule has 0 saturated heterocycles. The molecule has 0 unspecified atom stereocenters. The predicted octanol–water partition coefficient (Wildman–Crippen LogP) is 5.50. The number of methoxy groups -OCH3 is 1. The minimum Gasteiger partial charge on any atom is -0.495 e. The first-order valence-corrected chi connectivity index (χ1v) is 9.83. The van der Waals surface area contributed by atoms with E-state index in [0.717, 1.165) is 21.5 Å². The molecule has 0 radical (unpaired) electrons. The Bertz CT molecular complexity index is 1070. The van der Waals surface area contributed by atoms with E-state index in [-0.39, 0.29) is 5.91 Å². The number of carbonyl (C=O) groups excluding carboxylic acids is 1. The van der Waals surface area contributed by atoms with Gasteiger partial charge in [0.05, 0.1) is 29.3 Å². The molecule has 0 N–H and O–H groups in total. The van der Waals surface area contributed by atoms with Crippen molar-refractivity contribution in [2.45, 2.75) is 19.8 Å². The molecule has 0 aliphatic heterocycles. The zero-order valence-electron chi connectivity index (χ0n) is 15.7. The van der Waals surface area contributed by atoms with E-state index in [4.69, 9.17) is 14.1 Å². The smallest absolute Gasteiger partial charge is 0.233 e. The summed E-state index contributed by atoms with van der Waals surface area (Å²) in [5, 5.41) is 0.634. The molecule has 28 heavy (non-hydrogen) atoms. The number of thiazole rings is 1. The van der Waals surface area contributed by atoms with Gasteiger partial charge in [-0.05, 0) is 48.9 Å². The molecule has 142 valence electrons. The molecule has 0 aliphatic rings. The summed E-state index contributed by atoms with van der Waals surface area (Å²) in [7, 11) is 1.61. The number of furan rings is 1. The predicted molar refractivity (Wildman–Crippen MR) is 112 cm³/mol. The van der Waals surface area contributed by atoms with Gasteiger partial charge in [0.2, 0.25) is 5.91 Å². The van der Waals surface area contributed by atoms with Crippen LogP contribution in [0.4, 0.5) is 10.8 Å². The number of aromatic nitrogens is 1. The molecule has 0 atom stereocenters. The minimum atomic E-state index is -0.0562. The first-order chi connectivity index (χ1) is 13.7. The number of benzene rings is 2. The van der Waals surface area contributed by atoms with Crippen LogP contribution in [-0.4, -0.2) is 18.0 Å². The number of nitrogens with zero attached hydrogens (tertiary/aromatic N) is 2. The van der Waals surface area contributed by atoms with Crippen molar-refractivity contribution in [3.8, 4) is 5.75 Å². The molecule has 4 rings (SSSR count). The molecule has 0 aliphatic carbocycles. The summed E-state index contributed by atoms with van der Waals surface area (Å²) in [6.07, 6.45) is 2.45. The lowest BCUT2D eigenvalue weighted by Crippen LogP contribution is -2.26. The maximum atomic E-state index is 13.3. The largest absolute Gasteiger partial charge is 0.495 e.